The van der Waals surface area contributed by atoms with E-state index in [4.69, 9.17) is 16.0 Å². The summed E-state index contributed by atoms with van der Waals surface area (Å²) in [7, 11) is 0. The van der Waals surface area contributed by atoms with Gasteiger partial charge in [0.15, 0.2) is 0 Å². The highest BCUT2D eigenvalue weighted by Gasteiger charge is 2.30. The average Bonchev–Trinajstić information content (AvgIpc) is 2.82. The Morgan fingerprint density at radius 2 is 2.06 bits per heavy atom. The van der Waals surface area contributed by atoms with Gasteiger partial charge < -0.3 is 4.42 Å². The van der Waals surface area contributed by atoms with Crippen LogP contribution >= 0.6 is 11.6 Å². The van der Waals surface area contributed by atoms with Crippen molar-refractivity contribution in [2.45, 2.75) is 18.8 Å². The molecule has 1 atom stereocenters. The molecular weight excluding hydrogens is 234 g/mol. The summed E-state index contributed by atoms with van der Waals surface area (Å²) in [6.07, 6.45) is 2.12. The van der Waals surface area contributed by atoms with Crippen molar-refractivity contribution in [2.24, 2.45) is 0 Å². The van der Waals surface area contributed by atoms with Crippen molar-refractivity contribution >= 4 is 11.6 Å². The molecule has 0 aliphatic rings. The molecule has 0 bridgehead atoms. The van der Waals surface area contributed by atoms with E-state index in [1.807, 2.05) is 37.3 Å². The third kappa shape index (κ3) is 2.35. The molecule has 0 fully saturated rings. The Kier molecular flexibility index (Phi) is 3.21. The van der Waals surface area contributed by atoms with Crippen molar-refractivity contribution < 1.29 is 4.42 Å². The maximum absolute atomic E-state index is 9.41. The van der Waals surface area contributed by atoms with Crippen LogP contribution in [0.2, 0.25) is 5.02 Å². The minimum absolute atomic E-state index is 0.514. The lowest BCUT2D eigenvalue weighted by atomic mass is 9.80. The number of benzene rings is 1. The zero-order valence-electron chi connectivity index (χ0n) is 9.48. The van der Waals surface area contributed by atoms with Crippen LogP contribution in [0.15, 0.2) is 47.1 Å². The van der Waals surface area contributed by atoms with Gasteiger partial charge in [0.05, 0.1) is 17.7 Å². The van der Waals surface area contributed by atoms with Crippen molar-refractivity contribution in [3.63, 3.8) is 0 Å². The molecule has 1 heterocycles. The van der Waals surface area contributed by atoms with E-state index in [0.29, 0.717) is 11.4 Å². The van der Waals surface area contributed by atoms with Gasteiger partial charge in [0.2, 0.25) is 0 Å². The minimum atomic E-state index is -0.670. The molecule has 2 nitrogen and oxygen atoms in total. The molecule has 1 aromatic carbocycles. The second-order valence-corrected chi connectivity index (χ2v) is 4.59. The number of nitrogens with zero attached hydrogens (tertiary/aromatic N) is 1. The van der Waals surface area contributed by atoms with Crippen LogP contribution in [0.1, 0.15) is 18.2 Å². The smallest absolute Gasteiger partial charge is 0.105 e. The van der Waals surface area contributed by atoms with Gasteiger partial charge in [-0.1, -0.05) is 29.8 Å². The van der Waals surface area contributed by atoms with Crippen molar-refractivity contribution in [2.75, 3.05) is 0 Å². The fourth-order valence-corrected chi connectivity index (χ4v) is 2.21. The fraction of sp³-hybridized carbons (Fsp3) is 0.214. The minimum Gasteiger partial charge on any atom is -0.469 e. The summed E-state index contributed by atoms with van der Waals surface area (Å²) in [5, 5.41) is 10.0. The third-order valence-corrected chi connectivity index (χ3v) is 3.15. The molecule has 0 amide bonds. The summed E-state index contributed by atoms with van der Waals surface area (Å²) in [5.74, 6) is 0.786. The normalized spacial score (nSPS) is 13.9. The zero-order valence-corrected chi connectivity index (χ0v) is 10.2. The first-order valence-corrected chi connectivity index (χ1v) is 5.72. The Morgan fingerprint density at radius 3 is 2.65 bits per heavy atom. The van der Waals surface area contributed by atoms with Crippen LogP contribution in [0.4, 0.5) is 0 Å². The third-order valence-electron chi connectivity index (χ3n) is 2.82. The van der Waals surface area contributed by atoms with Crippen LogP contribution in [-0.4, -0.2) is 0 Å². The van der Waals surface area contributed by atoms with Gasteiger partial charge in [0.1, 0.15) is 5.76 Å². The van der Waals surface area contributed by atoms with Crippen molar-refractivity contribution in [3.05, 3.63) is 59.0 Å². The molecule has 1 unspecified atom stereocenters. The van der Waals surface area contributed by atoms with E-state index in [0.717, 1.165) is 11.3 Å². The zero-order chi connectivity index (χ0) is 12.3. The van der Waals surface area contributed by atoms with Gasteiger partial charge in [-0.25, -0.2) is 0 Å². The number of hydrogen-bond acceptors (Lipinski definition) is 2. The molecule has 0 aliphatic carbocycles. The second kappa shape index (κ2) is 4.65. The summed E-state index contributed by atoms with van der Waals surface area (Å²) >= 11 is 6.15. The number of hydrogen-bond donors (Lipinski definition) is 0. The number of rotatable bonds is 3. The monoisotopic (exact) mass is 245 g/mol. The van der Waals surface area contributed by atoms with Crippen molar-refractivity contribution in [1.29, 1.82) is 5.26 Å². The number of furan rings is 1. The second-order valence-electron chi connectivity index (χ2n) is 4.18. The Hall–Kier alpha value is -1.72. The summed E-state index contributed by atoms with van der Waals surface area (Å²) in [6.45, 7) is 1.87. The predicted octanol–water partition coefficient (Wildman–Crippen LogP) is 3.96. The highest BCUT2D eigenvalue weighted by molar-refractivity contribution is 6.31. The van der Waals surface area contributed by atoms with Gasteiger partial charge in [-0.2, -0.15) is 5.26 Å². The van der Waals surface area contributed by atoms with Crippen LogP contribution < -0.4 is 0 Å². The molecule has 2 rings (SSSR count). The van der Waals surface area contributed by atoms with Crippen LogP contribution in [0, 0.1) is 11.3 Å². The van der Waals surface area contributed by atoms with Crippen LogP contribution in [0.25, 0.3) is 0 Å². The lowest BCUT2D eigenvalue weighted by molar-refractivity contribution is 0.462. The largest absolute Gasteiger partial charge is 0.469 e. The standard InChI is InChI=1S/C14H12ClNO/c1-14(10-16,9-11-5-4-8-17-11)12-6-2-3-7-13(12)15/h2-8H,9H2,1H3. The molecule has 0 aliphatic heterocycles. The van der Waals surface area contributed by atoms with Gasteiger partial charge in [-0.3, -0.25) is 0 Å². The Morgan fingerprint density at radius 1 is 1.29 bits per heavy atom. The summed E-state index contributed by atoms with van der Waals surface area (Å²) in [6, 6.07) is 13.4. The van der Waals surface area contributed by atoms with Gasteiger partial charge in [0, 0.05) is 11.4 Å². The molecule has 86 valence electrons. The van der Waals surface area contributed by atoms with E-state index in [2.05, 4.69) is 6.07 Å². The molecule has 3 heteroatoms. The van der Waals surface area contributed by atoms with Crippen LogP contribution in [0.3, 0.4) is 0 Å². The van der Waals surface area contributed by atoms with E-state index >= 15 is 0 Å². The first-order chi connectivity index (χ1) is 8.15. The van der Waals surface area contributed by atoms with E-state index < -0.39 is 5.41 Å². The van der Waals surface area contributed by atoms with Crippen LogP contribution in [-0.2, 0) is 11.8 Å². The number of nitriles is 1. The molecule has 0 radical (unpaired) electrons. The lowest BCUT2D eigenvalue weighted by Gasteiger charge is -2.22. The van der Waals surface area contributed by atoms with E-state index in [1.165, 1.54) is 0 Å². The Balaban J connectivity index is 2.39. The lowest BCUT2D eigenvalue weighted by Crippen LogP contribution is -2.23. The molecule has 0 saturated carbocycles. The molecular formula is C14H12ClNO. The highest BCUT2D eigenvalue weighted by Crippen LogP contribution is 2.32. The molecule has 0 saturated heterocycles. The maximum atomic E-state index is 9.41. The number of halogens is 1. The van der Waals surface area contributed by atoms with E-state index in [9.17, 15) is 5.26 Å². The first-order valence-electron chi connectivity index (χ1n) is 5.34. The van der Waals surface area contributed by atoms with Gasteiger partial charge in [-0.15, -0.1) is 0 Å². The predicted molar refractivity (Wildman–Crippen MR) is 66.8 cm³/mol. The molecule has 0 N–H and O–H groups in total. The summed E-state index contributed by atoms with van der Waals surface area (Å²) < 4.78 is 5.30. The first kappa shape index (κ1) is 11.8. The Bertz CT molecular complexity index is 542. The quantitative estimate of drug-likeness (QED) is 0.821. The topological polar surface area (TPSA) is 36.9 Å². The summed E-state index contributed by atoms with van der Waals surface area (Å²) in [5.41, 5.74) is 0.163. The molecule has 1 aromatic heterocycles. The summed E-state index contributed by atoms with van der Waals surface area (Å²) in [4.78, 5) is 0. The van der Waals surface area contributed by atoms with Gasteiger partial charge >= 0.3 is 0 Å². The molecule has 2 aromatic rings. The van der Waals surface area contributed by atoms with Crippen molar-refractivity contribution in [1.82, 2.24) is 0 Å². The molecule has 17 heavy (non-hydrogen) atoms. The maximum Gasteiger partial charge on any atom is 0.105 e. The van der Waals surface area contributed by atoms with Gasteiger partial charge in [0.25, 0.3) is 0 Å². The van der Waals surface area contributed by atoms with Gasteiger partial charge in [-0.05, 0) is 30.7 Å². The average molecular weight is 246 g/mol. The van der Waals surface area contributed by atoms with Crippen molar-refractivity contribution in [3.8, 4) is 6.07 Å². The Labute approximate surface area is 105 Å². The van der Waals surface area contributed by atoms with E-state index in [1.54, 1.807) is 12.3 Å². The fourth-order valence-electron chi connectivity index (χ4n) is 1.87. The SMILES string of the molecule is CC(C#N)(Cc1ccco1)c1ccccc1Cl. The van der Waals surface area contributed by atoms with Crippen LogP contribution in [0.5, 0.6) is 0 Å². The van der Waals surface area contributed by atoms with E-state index in [-0.39, 0.29) is 0 Å². The highest BCUT2D eigenvalue weighted by atomic mass is 35.5. The molecule has 0 spiro atoms.